The molecule has 5 atom stereocenters. The number of amides is 4. The second-order valence-corrected chi connectivity index (χ2v) is 14.6. The van der Waals surface area contributed by atoms with E-state index in [2.05, 4.69) is 25.3 Å². The van der Waals surface area contributed by atoms with Crippen molar-refractivity contribution >= 4 is 24.0 Å². The van der Waals surface area contributed by atoms with E-state index >= 15 is 8.78 Å². The molecule has 2 aliphatic rings. The van der Waals surface area contributed by atoms with Crippen molar-refractivity contribution < 1.29 is 42.2 Å². The number of hydrogen-bond donors (Lipinski definition) is 4. The number of H-pyrrole nitrogens is 2. The van der Waals surface area contributed by atoms with E-state index in [4.69, 9.17) is 19.9 Å². The van der Waals surface area contributed by atoms with Crippen molar-refractivity contribution in [2.45, 2.75) is 69.9 Å². The van der Waals surface area contributed by atoms with Gasteiger partial charge in [0.25, 0.3) is 11.8 Å². The molecule has 7 rings (SSSR count). The molecule has 0 saturated carbocycles. The average molecular weight is 825 g/mol. The van der Waals surface area contributed by atoms with E-state index in [-0.39, 0.29) is 17.0 Å². The van der Waals surface area contributed by atoms with E-state index in [1.807, 2.05) is 6.07 Å². The zero-order chi connectivity index (χ0) is 42.5. The zero-order valence-corrected chi connectivity index (χ0v) is 33.3. The number of carbonyl (C=O) groups is 4. The molecule has 0 radical (unpaired) electrons. The number of imidazole rings is 2. The van der Waals surface area contributed by atoms with Crippen LogP contribution in [0, 0.1) is 11.6 Å². The Bertz CT molecular complexity index is 2350. The number of nitrogens with one attached hydrogen (secondary N) is 3. The number of aromatic amines is 2. The maximum atomic E-state index is 15.8. The molecule has 17 heteroatoms. The Morgan fingerprint density at radius 3 is 1.85 bits per heavy atom. The third-order valence-corrected chi connectivity index (χ3v) is 10.9. The summed E-state index contributed by atoms with van der Waals surface area (Å²) in [6.07, 6.45) is 1.78. The molecular weight excluding hydrogens is 779 g/mol. The summed E-state index contributed by atoms with van der Waals surface area (Å²) in [5, 5.41) is 2.64. The molecule has 0 unspecified atom stereocenters. The number of benzene rings is 3. The third-order valence-electron chi connectivity index (χ3n) is 10.9. The van der Waals surface area contributed by atoms with Gasteiger partial charge in [0.2, 0.25) is 6.10 Å². The Balaban J connectivity index is 1.05. The molecule has 2 saturated heterocycles. The fourth-order valence-electron chi connectivity index (χ4n) is 8.00. The summed E-state index contributed by atoms with van der Waals surface area (Å²) in [7, 11) is 1.23. The number of halogens is 2. The van der Waals surface area contributed by atoms with Gasteiger partial charge >= 0.3 is 12.2 Å². The van der Waals surface area contributed by atoms with E-state index in [0.29, 0.717) is 85.1 Å². The minimum Gasteiger partial charge on any atom is -0.453 e. The van der Waals surface area contributed by atoms with Gasteiger partial charge in [0.1, 0.15) is 35.4 Å². The standard InChI is InChI=1S/C43H46F2N8O7/c1-4-59-24(2)37(60-42(46)56)41(55)53-19-9-13-35(53)39-48-23-33(50-39)29-17-15-27(21-31(29)45)26-14-16-28(30(44)20-26)32-22-47-38(49-32)34-12-8-18-52(34)40(54)36(51-43(57)58-3)25-10-6-5-7-11-25/h5-7,10-11,14-17,20-24,34-37H,4,8-9,12-13,18-19H2,1-3H3,(H2,46,56)(H,47,49)(H,48,50)(H,51,57)/t24-,34+,35+,36-,37+/m1/s1. The number of likely N-dealkylation sites (tertiary alicyclic amines) is 2. The summed E-state index contributed by atoms with van der Waals surface area (Å²) in [6.45, 7) is 4.53. The molecule has 2 aliphatic heterocycles. The van der Waals surface area contributed by atoms with Crippen LogP contribution >= 0.6 is 0 Å². The van der Waals surface area contributed by atoms with E-state index in [1.165, 1.54) is 31.6 Å². The molecule has 2 fully saturated rings. The highest BCUT2D eigenvalue weighted by Crippen LogP contribution is 2.37. The van der Waals surface area contributed by atoms with Crippen molar-refractivity contribution in [3.8, 4) is 33.6 Å². The van der Waals surface area contributed by atoms with Crippen molar-refractivity contribution in [1.29, 1.82) is 0 Å². The van der Waals surface area contributed by atoms with E-state index in [9.17, 15) is 19.2 Å². The Morgan fingerprint density at radius 2 is 1.37 bits per heavy atom. The predicted octanol–water partition coefficient (Wildman–Crippen LogP) is 6.73. The summed E-state index contributed by atoms with van der Waals surface area (Å²) >= 11 is 0. The van der Waals surface area contributed by atoms with Crippen molar-refractivity contribution in [3.63, 3.8) is 0 Å². The van der Waals surface area contributed by atoms with Crippen molar-refractivity contribution in [1.82, 2.24) is 35.1 Å². The first-order chi connectivity index (χ1) is 29.0. The first kappa shape index (κ1) is 41.5. The lowest BCUT2D eigenvalue weighted by atomic mass is 10.00. The van der Waals surface area contributed by atoms with Crippen LogP contribution in [0.3, 0.4) is 0 Å². The molecule has 2 aromatic heterocycles. The first-order valence-electron chi connectivity index (χ1n) is 19.7. The van der Waals surface area contributed by atoms with Gasteiger partial charge in [-0.1, -0.05) is 42.5 Å². The lowest BCUT2D eigenvalue weighted by Crippen LogP contribution is -2.47. The lowest BCUT2D eigenvalue weighted by Gasteiger charge is -2.30. The molecule has 4 heterocycles. The van der Waals surface area contributed by atoms with Crippen LogP contribution in [0.25, 0.3) is 33.6 Å². The van der Waals surface area contributed by atoms with Gasteiger partial charge in [0, 0.05) is 30.8 Å². The van der Waals surface area contributed by atoms with E-state index < -0.39 is 60.1 Å². The zero-order valence-electron chi connectivity index (χ0n) is 33.3. The Labute approximate surface area is 344 Å². The summed E-state index contributed by atoms with van der Waals surface area (Å²) in [5.74, 6) is -0.999. The van der Waals surface area contributed by atoms with Gasteiger partial charge in [-0.3, -0.25) is 9.59 Å². The molecule has 5 aromatic rings. The quantitative estimate of drug-likeness (QED) is 0.0995. The number of nitrogens with two attached hydrogens (primary N) is 1. The Kier molecular flexibility index (Phi) is 12.5. The predicted molar refractivity (Wildman–Crippen MR) is 215 cm³/mol. The monoisotopic (exact) mass is 824 g/mol. The van der Waals surface area contributed by atoms with Crippen LogP contribution in [0.15, 0.2) is 79.1 Å². The highest BCUT2D eigenvalue weighted by molar-refractivity contribution is 5.87. The molecule has 0 spiro atoms. The Morgan fingerprint density at radius 1 is 0.833 bits per heavy atom. The number of carbonyl (C=O) groups excluding carboxylic acids is 4. The number of primary amides is 1. The average Bonchev–Trinajstić information content (AvgIpc) is 4.09. The van der Waals surface area contributed by atoms with Crippen LogP contribution in [0.1, 0.15) is 74.9 Å². The molecule has 4 amide bonds. The summed E-state index contributed by atoms with van der Waals surface area (Å²) in [4.78, 5) is 69.8. The van der Waals surface area contributed by atoms with Gasteiger partial charge in [0.15, 0.2) is 0 Å². The molecule has 15 nitrogen and oxygen atoms in total. The van der Waals surface area contributed by atoms with Gasteiger partial charge in [-0.05, 0) is 80.5 Å². The number of ether oxygens (including phenoxy) is 3. The number of methoxy groups -OCH3 is 1. The number of hydrogen-bond acceptors (Lipinski definition) is 9. The van der Waals surface area contributed by atoms with E-state index in [0.717, 1.165) is 0 Å². The number of alkyl carbamates (subject to hydrolysis) is 1. The smallest absolute Gasteiger partial charge is 0.407 e. The maximum absolute atomic E-state index is 15.8. The fourth-order valence-corrected chi connectivity index (χ4v) is 8.00. The van der Waals surface area contributed by atoms with Gasteiger partial charge < -0.3 is 45.0 Å². The van der Waals surface area contributed by atoms with Gasteiger partial charge in [0.05, 0.1) is 43.0 Å². The number of rotatable bonds is 13. The maximum Gasteiger partial charge on any atom is 0.407 e. The van der Waals surface area contributed by atoms with Crippen LogP contribution in [0.5, 0.6) is 0 Å². The molecule has 60 heavy (non-hydrogen) atoms. The largest absolute Gasteiger partial charge is 0.453 e. The lowest BCUT2D eigenvalue weighted by molar-refractivity contribution is -0.149. The summed E-state index contributed by atoms with van der Waals surface area (Å²) in [6, 6.07) is 16.2. The molecule has 3 aromatic carbocycles. The number of aromatic nitrogens is 4. The summed E-state index contributed by atoms with van der Waals surface area (Å²) < 4.78 is 47.0. The van der Waals surface area contributed by atoms with Crippen LogP contribution < -0.4 is 11.1 Å². The van der Waals surface area contributed by atoms with Crippen LogP contribution in [0.4, 0.5) is 18.4 Å². The summed E-state index contributed by atoms with van der Waals surface area (Å²) in [5.41, 5.74) is 8.00. The molecule has 0 bridgehead atoms. The van der Waals surface area contributed by atoms with Crippen LogP contribution in [0.2, 0.25) is 0 Å². The number of nitrogens with zero attached hydrogens (tertiary/aromatic N) is 4. The van der Waals surface area contributed by atoms with Gasteiger partial charge in [-0.25, -0.2) is 28.3 Å². The minimum absolute atomic E-state index is 0.228. The highest BCUT2D eigenvalue weighted by atomic mass is 19.1. The normalized spacial score (nSPS) is 17.9. The third kappa shape index (κ3) is 8.71. The van der Waals surface area contributed by atoms with Gasteiger partial charge in [-0.2, -0.15) is 0 Å². The van der Waals surface area contributed by atoms with E-state index in [1.54, 1.807) is 72.2 Å². The molecule has 5 N–H and O–H groups in total. The van der Waals surface area contributed by atoms with Crippen molar-refractivity contribution in [2.75, 3.05) is 26.8 Å². The van der Waals surface area contributed by atoms with Gasteiger partial charge in [-0.15, -0.1) is 0 Å². The van der Waals surface area contributed by atoms with Crippen LogP contribution in [-0.4, -0.2) is 92.8 Å². The second-order valence-electron chi connectivity index (χ2n) is 14.6. The first-order valence-corrected chi connectivity index (χ1v) is 19.7. The van der Waals surface area contributed by atoms with Crippen molar-refractivity contribution in [3.05, 3.63) is 108 Å². The SMILES string of the molecule is CCO[C@H](C)[C@H](OC(N)=O)C(=O)N1CCC[C@H]1c1ncc(-c2ccc(-c3ccc(-c4cnc([C@@H]5CCCN5C(=O)[C@H](NC(=O)OC)c5ccccc5)[nH]4)c(F)c3)cc2F)[nH]1. The highest BCUT2D eigenvalue weighted by Gasteiger charge is 2.40. The topological polar surface area (TPSA) is 198 Å². The molecule has 314 valence electrons. The Hall–Kier alpha value is -6.62. The van der Waals surface area contributed by atoms with Crippen LogP contribution in [-0.2, 0) is 23.8 Å². The minimum atomic E-state index is -1.24. The fraction of sp³-hybridized carbons (Fsp3) is 0.349. The van der Waals surface area contributed by atoms with Crippen molar-refractivity contribution in [2.24, 2.45) is 5.73 Å². The second kappa shape index (κ2) is 18.1. The molecular formula is C43H46F2N8O7. The molecule has 0 aliphatic carbocycles.